The van der Waals surface area contributed by atoms with Gasteiger partial charge in [0.05, 0.1) is 12.8 Å². The zero-order valence-corrected chi connectivity index (χ0v) is 11.5. The van der Waals surface area contributed by atoms with Gasteiger partial charge in [-0.25, -0.2) is 4.98 Å². The Morgan fingerprint density at radius 2 is 2.00 bits per heavy atom. The lowest BCUT2D eigenvalue weighted by Gasteiger charge is -2.07. The van der Waals surface area contributed by atoms with E-state index in [1.165, 1.54) is 0 Å². The Morgan fingerprint density at radius 1 is 1.24 bits per heavy atom. The molecule has 0 amide bonds. The Morgan fingerprint density at radius 3 is 2.67 bits per heavy atom. The molecule has 0 aliphatic carbocycles. The van der Waals surface area contributed by atoms with Crippen LogP contribution >= 0.6 is 0 Å². The molecule has 0 bridgehead atoms. The summed E-state index contributed by atoms with van der Waals surface area (Å²) in [5.41, 5.74) is 2.71. The van der Waals surface area contributed by atoms with E-state index >= 15 is 0 Å². The fourth-order valence-electron chi connectivity index (χ4n) is 2.28. The first kappa shape index (κ1) is 13.2. The summed E-state index contributed by atoms with van der Waals surface area (Å²) >= 11 is 0. The number of hydrogen-bond acceptors (Lipinski definition) is 3. The number of rotatable bonds is 4. The molecule has 2 heterocycles. The van der Waals surface area contributed by atoms with Crippen molar-refractivity contribution in [2.24, 2.45) is 0 Å². The molecule has 0 spiro atoms. The first-order chi connectivity index (χ1) is 10.2. The summed E-state index contributed by atoms with van der Waals surface area (Å²) in [4.78, 5) is 15.4. The minimum Gasteiger partial charge on any atom is -0.497 e. The molecule has 1 aromatic rings. The smallest absolute Gasteiger partial charge is 0.323 e. The molecule has 2 aliphatic heterocycles. The molecular weight excluding hydrogens is 268 g/mol. The number of benzene rings is 1. The minimum absolute atomic E-state index is 0.101. The standard InChI is InChI=1S/C16H14N2O3/c1-21-13-6-4-11(5-7-13)14-9-12-3-2-8-18(10-15(19)20)16(12)17-14/h2-9H,10H2,1H3,(H,19,20). The van der Waals surface area contributed by atoms with Crippen molar-refractivity contribution < 1.29 is 14.6 Å². The third-order valence-electron chi connectivity index (χ3n) is 3.28. The van der Waals surface area contributed by atoms with E-state index in [-0.39, 0.29) is 6.54 Å². The van der Waals surface area contributed by atoms with Crippen LogP contribution in [0.2, 0.25) is 0 Å². The number of methoxy groups -OCH3 is 1. The lowest BCUT2D eigenvalue weighted by atomic mass is 10.1. The van der Waals surface area contributed by atoms with E-state index in [4.69, 9.17) is 9.84 Å². The maximum Gasteiger partial charge on any atom is 0.323 e. The molecule has 5 nitrogen and oxygen atoms in total. The van der Waals surface area contributed by atoms with Gasteiger partial charge in [0.2, 0.25) is 0 Å². The zero-order chi connectivity index (χ0) is 14.8. The van der Waals surface area contributed by atoms with Gasteiger partial charge in [0, 0.05) is 17.3 Å². The van der Waals surface area contributed by atoms with Gasteiger partial charge in [0.15, 0.2) is 0 Å². The summed E-state index contributed by atoms with van der Waals surface area (Å²) in [6.45, 7) is -0.101. The third-order valence-corrected chi connectivity index (χ3v) is 3.28. The molecule has 0 fully saturated rings. The van der Waals surface area contributed by atoms with Crippen molar-refractivity contribution in [3.63, 3.8) is 0 Å². The molecule has 0 saturated heterocycles. The fraction of sp³-hybridized carbons (Fsp3) is 0.125. The fourth-order valence-corrected chi connectivity index (χ4v) is 2.28. The van der Waals surface area contributed by atoms with Crippen LogP contribution in [-0.2, 0) is 11.3 Å². The molecule has 2 aliphatic rings. The van der Waals surface area contributed by atoms with Crippen LogP contribution < -0.4 is 4.74 Å². The van der Waals surface area contributed by atoms with Crippen LogP contribution in [0, 0.1) is 0 Å². The highest BCUT2D eigenvalue weighted by molar-refractivity contribution is 5.73. The number of aliphatic carboxylic acids is 1. The molecule has 0 saturated carbocycles. The lowest BCUT2D eigenvalue weighted by Crippen LogP contribution is -2.11. The second kappa shape index (κ2) is 5.28. The molecule has 3 rings (SSSR count). The number of ether oxygens (including phenoxy) is 1. The van der Waals surface area contributed by atoms with E-state index in [9.17, 15) is 4.79 Å². The summed E-state index contributed by atoms with van der Waals surface area (Å²) in [5, 5.41) is 8.95. The van der Waals surface area contributed by atoms with Gasteiger partial charge in [0.25, 0.3) is 0 Å². The molecule has 0 unspecified atom stereocenters. The molecule has 21 heavy (non-hydrogen) atoms. The van der Waals surface area contributed by atoms with Crippen LogP contribution in [0.15, 0.2) is 48.7 Å². The Hall–Kier alpha value is -2.82. The number of aromatic nitrogens is 2. The van der Waals surface area contributed by atoms with Gasteiger partial charge >= 0.3 is 5.97 Å². The summed E-state index contributed by atoms with van der Waals surface area (Å²) in [7, 11) is 1.62. The van der Waals surface area contributed by atoms with Crippen molar-refractivity contribution in [3.8, 4) is 28.4 Å². The van der Waals surface area contributed by atoms with Crippen LogP contribution in [0.1, 0.15) is 0 Å². The van der Waals surface area contributed by atoms with E-state index < -0.39 is 5.97 Å². The number of carboxylic acids is 1. The highest BCUT2D eigenvalue weighted by Gasteiger charge is 2.14. The normalized spacial score (nSPS) is 10.7. The summed E-state index contributed by atoms with van der Waals surface area (Å²) < 4.78 is 6.77. The van der Waals surface area contributed by atoms with Gasteiger partial charge in [-0.3, -0.25) is 4.79 Å². The van der Waals surface area contributed by atoms with Crippen LogP contribution in [0.5, 0.6) is 5.75 Å². The average molecular weight is 282 g/mol. The molecule has 106 valence electrons. The van der Waals surface area contributed by atoms with Crippen molar-refractivity contribution in [2.75, 3.05) is 7.11 Å². The Bertz CT molecular complexity index is 747. The average Bonchev–Trinajstić information content (AvgIpc) is 2.92. The highest BCUT2D eigenvalue weighted by atomic mass is 16.5. The number of carboxylic acid groups (broad SMARTS) is 1. The van der Waals surface area contributed by atoms with Gasteiger partial charge in [-0.2, -0.15) is 0 Å². The number of carbonyl (C=O) groups is 1. The van der Waals surface area contributed by atoms with E-state index in [1.807, 2.05) is 42.5 Å². The van der Waals surface area contributed by atoms with E-state index in [1.54, 1.807) is 17.9 Å². The van der Waals surface area contributed by atoms with Crippen LogP contribution in [0.25, 0.3) is 22.6 Å². The Balaban J connectivity index is 2.03. The van der Waals surface area contributed by atoms with Gasteiger partial charge in [0.1, 0.15) is 18.1 Å². The van der Waals surface area contributed by atoms with Crippen LogP contribution in [0.4, 0.5) is 0 Å². The second-order valence-electron chi connectivity index (χ2n) is 4.68. The maximum atomic E-state index is 10.9. The molecule has 1 N–H and O–H groups in total. The molecule has 5 heteroatoms. The second-order valence-corrected chi connectivity index (χ2v) is 4.68. The first-order valence-corrected chi connectivity index (χ1v) is 6.49. The minimum atomic E-state index is -0.888. The molecule has 0 atom stereocenters. The SMILES string of the molecule is COc1ccc(-c2cc3cccn(CC(=O)O)c-3n2)cc1. The van der Waals surface area contributed by atoms with Crippen molar-refractivity contribution in [1.29, 1.82) is 0 Å². The highest BCUT2D eigenvalue weighted by Crippen LogP contribution is 2.29. The van der Waals surface area contributed by atoms with Crippen LogP contribution in [-0.4, -0.2) is 27.7 Å². The number of hydrogen-bond donors (Lipinski definition) is 1. The number of nitrogens with zero attached hydrogens (tertiary/aromatic N) is 2. The van der Waals surface area contributed by atoms with E-state index in [2.05, 4.69) is 4.98 Å². The molecule has 0 radical (unpaired) electrons. The third kappa shape index (κ3) is 2.58. The summed E-state index contributed by atoms with van der Waals surface area (Å²) in [6, 6.07) is 13.3. The molecular formula is C16H14N2O3. The summed E-state index contributed by atoms with van der Waals surface area (Å²) in [6.07, 6.45) is 1.72. The summed E-state index contributed by atoms with van der Waals surface area (Å²) in [5.74, 6) is 0.572. The van der Waals surface area contributed by atoms with Gasteiger partial charge < -0.3 is 14.4 Å². The predicted octanol–water partition coefficient (Wildman–Crippen LogP) is 2.75. The van der Waals surface area contributed by atoms with Gasteiger partial charge in [-0.1, -0.05) is 0 Å². The topological polar surface area (TPSA) is 64.3 Å². The predicted molar refractivity (Wildman–Crippen MR) is 78.5 cm³/mol. The largest absolute Gasteiger partial charge is 0.497 e. The zero-order valence-electron chi connectivity index (χ0n) is 11.5. The van der Waals surface area contributed by atoms with Crippen LogP contribution in [0.3, 0.4) is 0 Å². The number of pyridine rings is 1. The van der Waals surface area contributed by atoms with Gasteiger partial charge in [-0.15, -0.1) is 0 Å². The Kier molecular flexibility index (Phi) is 3.31. The van der Waals surface area contributed by atoms with Crippen molar-refractivity contribution in [2.45, 2.75) is 6.54 Å². The van der Waals surface area contributed by atoms with Crippen molar-refractivity contribution >= 4 is 5.97 Å². The quantitative estimate of drug-likeness (QED) is 0.799. The van der Waals surface area contributed by atoms with Crippen molar-refractivity contribution in [1.82, 2.24) is 9.55 Å². The van der Waals surface area contributed by atoms with Gasteiger partial charge in [-0.05, 0) is 42.5 Å². The monoisotopic (exact) mass is 282 g/mol. The maximum absolute atomic E-state index is 10.9. The van der Waals surface area contributed by atoms with E-state index in [0.29, 0.717) is 5.82 Å². The first-order valence-electron chi connectivity index (χ1n) is 6.49. The molecule has 0 aromatic heterocycles. The van der Waals surface area contributed by atoms with Crippen molar-refractivity contribution in [3.05, 3.63) is 48.7 Å². The van der Waals surface area contributed by atoms with E-state index in [0.717, 1.165) is 22.6 Å². The lowest BCUT2D eigenvalue weighted by molar-refractivity contribution is -0.137. The number of fused-ring (bicyclic) bond motifs is 1. The Labute approximate surface area is 121 Å². The molecule has 1 aromatic carbocycles.